The SMILES string of the molecule is Cc1ccc(CC(=O)Nc2cccc3c2O[C@H](CN(C)Cc2ccc(-c4ccccc4)cc2)[C@H](C)CN([C@@H](C)CO)C3=O)cc1. The lowest BCUT2D eigenvalue weighted by molar-refractivity contribution is -0.115. The largest absolute Gasteiger partial charge is 0.486 e. The molecule has 4 aromatic carbocycles. The highest BCUT2D eigenvalue weighted by molar-refractivity contribution is 6.02. The van der Waals surface area contributed by atoms with Crippen LogP contribution in [0, 0.1) is 12.8 Å². The fourth-order valence-corrected chi connectivity index (χ4v) is 5.76. The summed E-state index contributed by atoms with van der Waals surface area (Å²) in [5, 5.41) is 13.0. The van der Waals surface area contributed by atoms with E-state index in [0.29, 0.717) is 30.1 Å². The van der Waals surface area contributed by atoms with Gasteiger partial charge in [-0.05, 0) is 55.3 Å². The number of nitrogens with zero attached hydrogens (tertiary/aromatic N) is 2. The third-order valence-corrected chi connectivity index (χ3v) is 8.46. The van der Waals surface area contributed by atoms with Crippen LogP contribution in [0.2, 0.25) is 0 Å². The monoisotopic (exact) mass is 605 g/mol. The number of anilines is 1. The average Bonchev–Trinajstić information content (AvgIpc) is 3.04. The highest BCUT2D eigenvalue weighted by Crippen LogP contribution is 2.35. The van der Waals surface area contributed by atoms with E-state index in [4.69, 9.17) is 4.74 Å². The Hall–Kier alpha value is -4.46. The molecule has 7 heteroatoms. The number of benzene rings is 4. The molecule has 45 heavy (non-hydrogen) atoms. The Morgan fingerprint density at radius 1 is 0.956 bits per heavy atom. The minimum absolute atomic E-state index is 0.0460. The van der Waals surface area contributed by atoms with Crippen LogP contribution in [0.15, 0.2) is 97.1 Å². The number of carbonyl (C=O) groups is 2. The van der Waals surface area contributed by atoms with E-state index < -0.39 is 0 Å². The van der Waals surface area contributed by atoms with E-state index in [1.54, 1.807) is 23.1 Å². The van der Waals surface area contributed by atoms with Gasteiger partial charge < -0.3 is 20.1 Å². The molecule has 2 amide bonds. The van der Waals surface area contributed by atoms with Gasteiger partial charge in [0.15, 0.2) is 5.75 Å². The van der Waals surface area contributed by atoms with Crippen molar-refractivity contribution in [3.8, 4) is 16.9 Å². The summed E-state index contributed by atoms with van der Waals surface area (Å²) in [6, 6.07) is 31.7. The van der Waals surface area contributed by atoms with Gasteiger partial charge in [-0.25, -0.2) is 0 Å². The zero-order valence-electron chi connectivity index (χ0n) is 26.6. The number of nitrogens with one attached hydrogen (secondary N) is 1. The summed E-state index contributed by atoms with van der Waals surface area (Å²) in [6.45, 7) is 7.54. The molecule has 3 atom stereocenters. The van der Waals surface area contributed by atoms with Crippen LogP contribution in [0.1, 0.15) is 40.9 Å². The molecule has 7 nitrogen and oxygen atoms in total. The lowest BCUT2D eigenvalue weighted by Gasteiger charge is -2.38. The molecular formula is C38H43N3O4. The van der Waals surface area contributed by atoms with Crippen molar-refractivity contribution in [2.75, 3.05) is 32.1 Å². The third-order valence-electron chi connectivity index (χ3n) is 8.46. The highest BCUT2D eigenvalue weighted by atomic mass is 16.5. The van der Waals surface area contributed by atoms with Crippen LogP contribution >= 0.6 is 0 Å². The number of aliphatic hydroxyl groups is 1. The van der Waals surface area contributed by atoms with Crippen molar-refractivity contribution in [3.05, 3.63) is 119 Å². The van der Waals surface area contributed by atoms with Crippen molar-refractivity contribution in [1.29, 1.82) is 0 Å². The van der Waals surface area contributed by atoms with Gasteiger partial charge in [-0.15, -0.1) is 0 Å². The van der Waals surface area contributed by atoms with Gasteiger partial charge in [0, 0.05) is 25.6 Å². The minimum atomic E-state index is -0.368. The Kier molecular flexibility index (Phi) is 10.3. The molecule has 0 aliphatic carbocycles. The number of ether oxygens (including phenoxy) is 1. The number of rotatable bonds is 10. The van der Waals surface area contributed by atoms with Crippen molar-refractivity contribution >= 4 is 17.5 Å². The van der Waals surface area contributed by atoms with E-state index >= 15 is 0 Å². The zero-order valence-corrected chi connectivity index (χ0v) is 26.6. The number of fused-ring (bicyclic) bond motifs is 1. The van der Waals surface area contributed by atoms with E-state index in [-0.39, 0.29) is 42.9 Å². The minimum Gasteiger partial charge on any atom is -0.486 e. The standard InChI is InChI=1S/C38H43N3O4/c1-26-13-15-29(16-14-26)21-36(43)39-34-12-8-11-33-37(34)45-35(27(2)22-41(38(33)44)28(3)25-42)24-40(4)23-30-17-19-32(20-18-30)31-9-6-5-7-10-31/h5-20,27-28,35,42H,21-25H2,1-4H3,(H,39,43)/t27-,28+,35-/m1/s1. The molecule has 0 fully saturated rings. The predicted molar refractivity (Wildman–Crippen MR) is 179 cm³/mol. The number of hydrogen-bond donors (Lipinski definition) is 2. The molecular weight excluding hydrogens is 562 g/mol. The van der Waals surface area contributed by atoms with E-state index in [0.717, 1.165) is 17.7 Å². The molecule has 1 aliphatic rings. The van der Waals surface area contributed by atoms with Gasteiger partial charge >= 0.3 is 0 Å². The van der Waals surface area contributed by atoms with Gasteiger partial charge in [0.05, 0.1) is 30.3 Å². The first-order valence-electron chi connectivity index (χ1n) is 15.6. The Bertz CT molecular complexity index is 1590. The predicted octanol–water partition coefficient (Wildman–Crippen LogP) is 6.20. The molecule has 1 aliphatic heterocycles. The number of amides is 2. The molecule has 0 radical (unpaired) electrons. The number of likely N-dealkylation sites (N-methyl/N-ethyl adjacent to an activating group) is 1. The summed E-state index contributed by atoms with van der Waals surface area (Å²) in [5.41, 5.74) is 6.42. The quantitative estimate of drug-likeness (QED) is 0.225. The van der Waals surface area contributed by atoms with E-state index in [2.05, 4.69) is 60.6 Å². The molecule has 1 heterocycles. The Morgan fingerprint density at radius 3 is 2.31 bits per heavy atom. The molecule has 0 aromatic heterocycles. The van der Waals surface area contributed by atoms with Gasteiger partial charge in [0.2, 0.25) is 5.91 Å². The molecule has 0 saturated carbocycles. The summed E-state index contributed by atoms with van der Waals surface area (Å²) >= 11 is 0. The summed E-state index contributed by atoms with van der Waals surface area (Å²) in [6.07, 6.45) is -0.0778. The second kappa shape index (κ2) is 14.5. The Morgan fingerprint density at radius 2 is 1.62 bits per heavy atom. The van der Waals surface area contributed by atoms with Crippen LogP contribution in [-0.4, -0.2) is 65.6 Å². The van der Waals surface area contributed by atoms with Crippen molar-refractivity contribution < 1.29 is 19.4 Å². The van der Waals surface area contributed by atoms with Crippen LogP contribution in [0.25, 0.3) is 11.1 Å². The van der Waals surface area contributed by atoms with Crippen LogP contribution in [0.4, 0.5) is 5.69 Å². The number of aliphatic hydroxyl groups excluding tert-OH is 1. The second-order valence-electron chi connectivity index (χ2n) is 12.3. The van der Waals surface area contributed by atoms with Gasteiger partial charge in [-0.1, -0.05) is 97.4 Å². The number of hydrogen-bond acceptors (Lipinski definition) is 5. The Balaban J connectivity index is 1.37. The van der Waals surface area contributed by atoms with Gasteiger partial charge in [-0.3, -0.25) is 14.5 Å². The first-order chi connectivity index (χ1) is 21.7. The summed E-state index contributed by atoms with van der Waals surface area (Å²) in [7, 11) is 2.06. The maximum atomic E-state index is 13.8. The van der Waals surface area contributed by atoms with Crippen LogP contribution in [0.5, 0.6) is 5.75 Å². The first-order valence-corrected chi connectivity index (χ1v) is 15.6. The van der Waals surface area contributed by atoms with Gasteiger partial charge in [0.25, 0.3) is 5.91 Å². The first kappa shape index (κ1) is 31.9. The number of aryl methyl sites for hydroxylation is 1. The fourth-order valence-electron chi connectivity index (χ4n) is 5.76. The molecule has 2 N–H and O–H groups in total. The van der Waals surface area contributed by atoms with Crippen LogP contribution in [0.3, 0.4) is 0 Å². The molecule has 0 bridgehead atoms. The maximum absolute atomic E-state index is 13.8. The van der Waals surface area contributed by atoms with E-state index in [1.807, 2.05) is 56.3 Å². The van der Waals surface area contributed by atoms with Crippen molar-refractivity contribution in [2.45, 2.75) is 45.9 Å². The highest BCUT2D eigenvalue weighted by Gasteiger charge is 2.34. The lowest BCUT2D eigenvalue weighted by atomic mass is 9.98. The normalized spacial score (nSPS) is 17.2. The maximum Gasteiger partial charge on any atom is 0.258 e. The van der Waals surface area contributed by atoms with Crippen molar-refractivity contribution in [1.82, 2.24) is 9.80 Å². The fraction of sp³-hybridized carbons (Fsp3) is 0.316. The van der Waals surface area contributed by atoms with Gasteiger partial charge in [0.1, 0.15) is 6.10 Å². The summed E-state index contributed by atoms with van der Waals surface area (Å²) in [4.78, 5) is 30.9. The van der Waals surface area contributed by atoms with E-state index in [1.165, 1.54) is 16.7 Å². The van der Waals surface area contributed by atoms with Gasteiger partial charge in [-0.2, -0.15) is 0 Å². The molecule has 4 aromatic rings. The van der Waals surface area contributed by atoms with Crippen molar-refractivity contribution in [3.63, 3.8) is 0 Å². The number of para-hydroxylation sites is 1. The molecule has 5 rings (SSSR count). The zero-order chi connectivity index (χ0) is 31.9. The molecule has 0 spiro atoms. The van der Waals surface area contributed by atoms with Crippen LogP contribution in [-0.2, 0) is 17.8 Å². The third kappa shape index (κ3) is 7.98. The van der Waals surface area contributed by atoms with Crippen LogP contribution < -0.4 is 10.1 Å². The molecule has 234 valence electrons. The molecule has 0 saturated heterocycles. The van der Waals surface area contributed by atoms with Crippen molar-refractivity contribution in [2.24, 2.45) is 5.92 Å². The summed E-state index contributed by atoms with van der Waals surface area (Å²) < 4.78 is 6.70. The Labute approximate surface area is 266 Å². The number of carbonyl (C=O) groups excluding carboxylic acids is 2. The smallest absolute Gasteiger partial charge is 0.258 e. The lowest BCUT2D eigenvalue weighted by Crippen LogP contribution is -2.49. The topological polar surface area (TPSA) is 82.1 Å². The molecule has 0 unspecified atom stereocenters. The van der Waals surface area contributed by atoms with E-state index in [9.17, 15) is 14.7 Å². The second-order valence-corrected chi connectivity index (χ2v) is 12.3. The summed E-state index contributed by atoms with van der Waals surface area (Å²) in [5.74, 6) is -0.0904. The average molecular weight is 606 g/mol.